The topological polar surface area (TPSA) is 42.0 Å². The van der Waals surface area contributed by atoms with Crippen molar-refractivity contribution in [1.82, 2.24) is 10.3 Å². The van der Waals surface area contributed by atoms with Crippen molar-refractivity contribution in [2.24, 2.45) is 0 Å². The van der Waals surface area contributed by atoms with Crippen LogP contribution in [-0.4, -0.2) is 10.9 Å². The molecule has 0 saturated carbocycles. The Morgan fingerprint density at radius 2 is 2.10 bits per heavy atom. The van der Waals surface area contributed by atoms with E-state index in [2.05, 4.69) is 26.2 Å². The van der Waals surface area contributed by atoms with E-state index in [1.165, 1.54) is 6.08 Å². The normalized spacial score (nSPS) is 12.6. The fourth-order valence-corrected chi connectivity index (χ4v) is 2.56. The summed E-state index contributed by atoms with van der Waals surface area (Å²) in [6, 6.07) is 7.88. The van der Waals surface area contributed by atoms with E-state index in [0.29, 0.717) is 0 Å². The standard InChI is InChI=1S/C15H15BrN2OS/c1-10(12-3-5-13(16)6-4-12)17-15(19)8-7-14-9-20-11(2)18-14/h3-10H,1-2H3,(H,17,19)/b8-7+. The maximum absolute atomic E-state index is 11.8. The number of hydrogen-bond acceptors (Lipinski definition) is 3. The fourth-order valence-electron chi connectivity index (χ4n) is 1.71. The highest BCUT2D eigenvalue weighted by atomic mass is 79.9. The molecule has 3 nitrogen and oxygen atoms in total. The molecule has 1 aromatic heterocycles. The predicted molar refractivity (Wildman–Crippen MR) is 86.6 cm³/mol. The van der Waals surface area contributed by atoms with Crippen LogP contribution in [-0.2, 0) is 4.79 Å². The van der Waals surface area contributed by atoms with Crippen LogP contribution in [0.3, 0.4) is 0 Å². The lowest BCUT2D eigenvalue weighted by atomic mass is 10.1. The Morgan fingerprint density at radius 1 is 1.40 bits per heavy atom. The lowest BCUT2D eigenvalue weighted by molar-refractivity contribution is -0.117. The lowest BCUT2D eigenvalue weighted by Gasteiger charge is -2.12. The molecule has 2 aromatic rings. The molecule has 1 atom stereocenters. The number of amides is 1. The van der Waals surface area contributed by atoms with Gasteiger partial charge in [0.05, 0.1) is 16.7 Å². The molecule has 0 aliphatic carbocycles. The Labute approximate surface area is 130 Å². The van der Waals surface area contributed by atoms with Gasteiger partial charge < -0.3 is 5.32 Å². The number of carbonyl (C=O) groups excluding carboxylic acids is 1. The summed E-state index contributed by atoms with van der Waals surface area (Å²) >= 11 is 4.96. The van der Waals surface area contributed by atoms with Gasteiger partial charge in [-0.1, -0.05) is 28.1 Å². The van der Waals surface area contributed by atoms with Crippen molar-refractivity contribution in [2.75, 3.05) is 0 Å². The minimum absolute atomic E-state index is 0.0302. The number of aryl methyl sites for hydroxylation is 1. The van der Waals surface area contributed by atoms with Gasteiger partial charge in [-0.3, -0.25) is 4.79 Å². The van der Waals surface area contributed by atoms with Crippen molar-refractivity contribution in [3.63, 3.8) is 0 Å². The fraction of sp³-hybridized carbons (Fsp3) is 0.200. The van der Waals surface area contributed by atoms with Gasteiger partial charge in [0.25, 0.3) is 0 Å². The summed E-state index contributed by atoms with van der Waals surface area (Å²) in [6.45, 7) is 3.90. The SMILES string of the molecule is Cc1nc(/C=C/C(=O)NC(C)c2ccc(Br)cc2)cs1. The van der Waals surface area contributed by atoms with Crippen LogP contribution in [0.25, 0.3) is 6.08 Å². The summed E-state index contributed by atoms with van der Waals surface area (Å²) in [5.41, 5.74) is 1.89. The summed E-state index contributed by atoms with van der Waals surface area (Å²) in [7, 11) is 0. The zero-order valence-corrected chi connectivity index (χ0v) is 13.7. The van der Waals surface area contributed by atoms with Crippen molar-refractivity contribution in [3.05, 3.63) is 56.5 Å². The molecule has 0 radical (unpaired) electrons. The Balaban J connectivity index is 1.94. The number of carbonyl (C=O) groups is 1. The molecule has 1 heterocycles. The van der Waals surface area contributed by atoms with Crippen LogP contribution in [0.5, 0.6) is 0 Å². The molecule has 2 rings (SSSR count). The van der Waals surface area contributed by atoms with Crippen LogP contribution in [0.4, 0.5) is 0 Å². The molecule has 20 heavy (non-hydrogen) atoms. The van der Waals surface area contributed by atoms with E-state index in [1.54, 1.807) is 17.4 Å². The second kappa shape index (κ2) is 6.81. The number of aromatic nitrogens is 1. The monoisotopic (exact) mass is 350 g/mol. The minimum Gasteiger partial charge on any atom is -0.346 e. The van der Waals surface area contributed by atoms with Gasteiger partial charge in [0.1, 0.15) is 0 Å². The Hall–Kier alpha value is -1.46. The van der Waals surface area contributed by atoms with E-state index in [0.717, 1.165) is 20.7 Å². The molecule has 1 amide bonds. The summed E-state index contributed by atoms with van der Waals surface area (Å²) < 4.78 is 1.03. The predicted octanol–water partition coefficient (Wildman–Crippen LogP) is 4.10. The Morgan fingerprint density at radius 3 is 2.70 bits per heavy atom. The Bertz CT molecular complexity index is 619. The molecule has 1 unspecified atom stereocenters. The number of nitrogens with zero attached hydrogens (tertiary/aromatic N) is 1. The van der Waals surface area contributed by atoms with Gasteiger partial charge >= 0.3 is 0 Å². The molecule has 0 saturated heterocycles. The van der Waals surface area contributed by atoms with Gasteiger partial charge in [-0.25, -0.2) is 4.98 Å². The number of thiazole rings is 1. The average molecular weight is 351 g/mol. The largest absolute Gasteiger partial charge is 0.346 e. The number of hydrogen-bond donors (Lipinski definition) is 1. The van der Waals surface area contributed by atoms with Crippen LogP contribution in [0.15, 0.2) is 40.2 Å². The van der Waals surface area contributed by atoms with Crippen molar-refractivity contribution in [2.45, 2.75) is 19.9 Å². The van der Waals surface area contributed by atoms with Crippen molar-refractivity contribution in [1.29, 1.82) is 0 Å². The molecule has 0 aliphatic heterocycles. The van der Waals surface area contributed by atoms with Gasteiger partial charge in [-0.05, 0) is 37.6 Å². The van der Waals surface area contributed by atoms with E-state index >= 15 is 0 Å². The minimum atomic E-state index is -0.119. The number of benzene rings is 1. The maximum Gasteiger partial charge on any atom is 0.244 e. The molecule has 0 fully saturated rings. The van der Waals surface area contributed by atoms with Crippen molar-refractivity contribution in [3.8, 4) is 0 Å². The van der Waals surface area contributed by atoms with E-state index < -0.39 is 0 Å². The highest BCUT2D eigenvalue weighted by Gasteiger charge is 2.07. The first-order valence-electron chi connectivity index (χ1n) is 6.21. The highest BCUT2D eigenvalue weighted by Crippen LogP contribution is 2.16. The van der Waals surface area contributed by atoms with Crippen LogP contribution >= 0.6 is 27.3 Å². The van der Waals surface area contributed by atoms with E-state index in [1.807, 2.05) is 43.5 Å². The molecular formula is C15H15BrN2OS. The molecule has 1 N–H and O–H groups in total. The quantitative estimate of drug-likeness (QED) is 0.843. The average Bonchev–Trinajstić information content (AvgIpc) is 2.83. The van der Waals surface area contributed by atoms with E-state index in [9.17, 15) is 4.79 Å². The van der Waals surface area contributed by atoms with Crippen LogP contribution in [0, 0.1) is 6.92 Å². The van der Waals surface area contributed by atoms with Gasteiger partial charge in [-0.15, -0.1) is 11.3 Å². The Kier molecular flexibility index (Phi) is 5.09. The summed E-state index contributed by atoms with van der Waals surface area (Å²) in [5.74, 6) is -0.119. The van der Waals surface area contributed by atoms with E-state index in [4.69, 9.17) is 0 Å². The van der Waals surface area contributed by atoms with Crippen LogP contribution in [0.1, 0.15) is 29.2 Å². The van der Waals surface area contributed by atoms with Crippen LogP contribution < -0.4 is 5.32 Å². The third-order valence-corrected chi connectivity index (χ3v) is 4.09. The third kappa shape index (κ3) is 4.28. The second-order valence-corrected chi connectivity index (χ2v) is 6.38. The van der Waals surface area contributed by atoms with Gasteiger partial charge in [0, 0.05) is 15.9 Å². The maximum atomic E-state index is 11.8. The number of rotatable bonds is 4. The smallest absolute Gasteiger partial charge is 0.244 e. The van der Waals surface area contributed by atoms with Gasteiger partial charge in [0.15, 0.2) is 0 Å². The van der Waals surface area contributed by atoms with Gasteiger partial charge in [0.2, 0.25) is 5.91 Å². The van der Waals surface area contributed by atoms with Gasteiger partial charge in [-0.2, -0.15) is 0 Å². The summed E-state index contributed by atoms with van der Waals surface area (Å²) in [6.07, 6.45) is 3.25. The third-order valence-electron chi connectivity index (χ3n) is 2.77. The van der Waals surface area contributed by atoms with Crippen molar-refractivity contribution < 1.29 is 4.79 Å². The number of nitrogens with one attached hydrogen (secondary N) is 1. The molecule has 1 aromatic carbocycles. The first-order valence-corrected chi connectivity index (χ1v) is 7.88. The first kappa shape index (κ1) is 14.9. The molecule has 5 heteroatoms. The van der Waals surface area contributed by atoms with E-state index in [-0.39, 0.29) is 11.9 Å². The summed E-state index contributed by atoms with van der Waals surface area (Å²) in [5, 5.41) is 5.85. The first-order chi connectivity index (χ1) is 9.54. The summed E-state index contributed by atoms with van der Waals surface area (Å²) in [4.78, 5) is 16.1. The molecule has 0 aliphatic rings. The molecular weight excluding hydrogens is 336 g/mol. The van der Waals surface area contributed by atoms with Crippen molar-refractivity contribution >= 4 is 39.2 Å². The molecule has 0 spiro atoms. The lowest BCUT2D eigenvalue weighted by Crippen LogP contribution is -2.24. The zero-order chi connectivity index (χ0) is 14.5. The zero-order valence-electron chi connectivity index (χ0n) is 11.3. The number of halogens is 1. The second-order valence-electron chi connectivity index (χ2n) is 4.41. The molecule has 104 valence electrons. The molecule has 0 bridgehead atoms. The highest BCUT2D eigenvalue weighted by molar-refractivity contribution is 9.10. The van der Waals surface area contributed by atoms with Crippen LogP contribution in [0.2, 0.25) is 0 Å².